The first-order valence-corrected chi connectivity index (χ1v) is 3.95. The van der Waals surface area contributed by atoms with Crippen molar-refractivity contribution < 1.29 is 14.6 Å². The highest BCUT2D eigenvalue weighted by molar-refractivity contribution is 5.69. The van der Waals surface area contributed by atoms with E-state index in [-0.39, 0.29) is 12.5 Å². The van der Waals surface area contributed by atoms with Crippen molar-refractivity contribution in [1.29, 1.82) is 0 Å². The Balaban J connectivity index is 2.54. The van der Waals surface area contributed by atoms with Crippen LogP contribution >= 0.6 is 0 Å². The molecular weight excluding hydrogens is 170 g/mol. The van der Waals surface area contributed by atoms with E-state index in [9.17, 15) is 9.90 Å². The Bertz CT molecular complexity index is 275. The molecule has 0 bridgehead atoms. The number of hydrogen-bond donors (Lipinski definition) is 2. The SMILES string of the molecule is CCOC(=O)NC(O)=C1C=CC=C1. The van der Waals surface area contributed by atoms with E-state index in [1.54, 1.807) is 31.2 Å². The molecule has 0 unspecified atom stereocenters. The van der Waals surface area contributed by atoms with Crippen LogP contribution in [0.5, 0.6) is 0 Å². The van der Waals surface area contributed by atoms with Gasteiger partial charge >= 0.3 is 6.09 Å². The van der Waals surface area contributed by atoms with E-state index in [0.717, 1.165) is 0 Å². The lowest BCUT2D eigenvalue weighted by atomic mass is 10.3. The molecule has 4 nitrogen and oxygen atoms in total. The third-order valence-corrected chi connectivity index (χ3v) is 1.43. The zero-order valence-electron chi connectivity index (χ0n) is 7.28. The molecule has 0 aliphatic heterocycles. The largest absolute Gasteiger partial charge is 0.494 e. The predicted octanol–water partition coefficient (Wildman–Crippen LogP) is 1.63. The zero-order chi connectivity index (χ0) is 9.68. The van der Waals surface area contributed by atoms with Gasteiger partial charge in [-0.25, -0.2) is 4.79 Å². The smallest absolute Gasteiger partial charge is 0.413 e. The maximum Gasteiger partial charge on any atom is 0.413 e. The molecule has 0 aromatic heterocycles. The van der Waals surface area contributed by atoms with Gasteiger partial charge in [-0.15, -0.1) is 0 Å². The summed E-state index contributed by atoms with van der Waals surface area (Å²) in [5.74, 6) is -0.191. The number of carbonyl (C=O) groups is 1. The Kier molecular flexibility index (Phi) is 3.14. The molecule has 0 atom stereocenters. The van der Waals surface area contributed by atoms with Gasteiger partial charge in [0.1, 0.15) is 0 Å². The fraction of sp³-hybridized carbons (Fsp3) is 0.222. The fourth-order valence-electron chi connectivity index (χ4n) is 0.868. The van der Waals surface area contributed by atoms with E-state index in [4.69, 9.17) is 0 Å². The molecule has 1 aliphatic carbocycles. The molecule has 1 rings (SSSR count). The van der Waals surface area contributed by atoms with E-state index in [1.807, 2.05) is 0 Å². The third kappa shape index (κ3) is 2.66. The Hall–Kier alpha value is -1.71. The van der Waals surface area contributed by atoms with E-state index >= 15 is 0 Å². The average molecular weight is 181 g/mol. The summed E-state index contributed by atoms with van der Waals surface area (Å²) in [6.07, 6.45) is 6.24. The molecule has 1 amide bonds. The normalized spacial score (nSPS) is 13.2. The summed E-state index contributed by atoms with van der Waals surface area (Å²) in [4.78, 5) is 10.8. The second-order valence-electron chi connectivity index (χ2n) is 2.37. The van der Waals surface area contributed by atoms with Crippen LogP contribution in [-0.2, 0) is 4.74 Å². The fourth-order valence-corrected chi connectivity index (χ4v) is 0.868. The number of amides is 1. The molecule has 70 valence electrons. The van der Waals surface area contributed by atoms with Gasteiger partial charge in [-0.05, 0) is 19.1 Å². The summed E-state index contributed by atoms with van der Waals surface area (Å²) in [5, 5.41) is 11.5. The van der Waals surface area contributed by atoms with Crippen molar-refractivity contribution >= 4 is 6.09 Å². The topological polar surface area (TPSA) is 58.6 Å². The minimum absolute atomic E-state index is 0.191. The quantitative estimate of drug-likeness (QED) is 0.636. The van der Waals surface area contributed by atoms with E-state index in [0.29, 0.717) is 5.57 Å². The van der Waals surface area contributed by atoms with Crippen molar-refractivity contribution in [2.75, 3.05) is 6.61 Å². The standard InChI is InChI=1S/C9H11NO3/c1-2-13-9(12)10-8(11)7-5-3-4-6-7/h3-6,11H,2H2,1H3,(H,10,12). The second kappa shape index (κ2) is 4.35. The highest BCUT2D eigenvalue weighted by atomic mass is 16.5. The van der Waals surface area contributed by atoms with E-state index < -0.39 is 6.09 Å². The molecule has 2 N–H and O–H groups in total. The Morgan fingerprint density at radius 1 is 1.54 bits per heavy atom. The minimum atomic E-state index is -0.652. The average Bonchev–Trinajstić information content (AvgIpc) is 2.55. The van der Waals surface area contributed by atoms with E-state index in [1.165, 1.54) is 0 Å². The molecule has 0 saturated heterocycles. The van der Waals surface area contributed by atoms with Crippen LogP contribution in [0.15, 0.2) is 35.8 Å². The number of ether oxygens (including phenoxy) is 1. The van der Waals surface area contributed by atoms with Crippen molar-refractivity contribution in [3.8, 4) is 0 Å². The molecule has 13 heavy (non-hydrogen) atoms. The number of hydrogen-bond acceptors (Lipinski definition) is 3. The van der Waals surface area contributed by atoms with Gasteiger partial charge in [-0.1, -0.05) is 12.2 Å². The van der Waals surface area contributed by atoms with Crippen LogP contribution in [0.25, 0.3) is 0 Å². The molecule has 0 radical (unpaired) electrons. The van der Waals surface area contributed by atoms with Gasteiger partial charge in [-0.3, -0.25) is 5.32 Å². The van der Waals surface area contributed by atoms with E-state index in [2.05, 4.69) is 10.1 Å². The van der Waals surface area contributed by atoms with Gasteiger partial charge in [-0.2, -0.15) is 0 Å². The Labute approximate surface area is 76.2 Å². The first kappa shape index (κ1) is 9.38. The van der Waals surface area contributed by atoms with Crippen molar-refractivity contribution in [3.05, 3.63) is 35.8 Å². The van der Waals surface area contributed by atoms with Crippen LogP contribution in [-0.4, -0.2) is 17.8 Å². The molecule has 0 aromatic rings. The molecule has 0 aromatic carbocycles. The molecule has 4 heteroatoms. The second-order valence-corrected chi connectivity index (χ2v) is 2.37. The molecule has 0 saturated carbocycles. The maximum atomic E-state index is 10.8. The number of nitrogens with one attached hydrogen (secondary N) is 1. The molecular formula is C9H11NO3. The Morgan fingerprint density at radius 2 is 2.15 bits per heavy atom. The van der Waals surface area contributed by atoms with Crippen LogP contribution in [0.1, 0.15) is 6.92 Å². The molecule has 0 fully saturated rings. The number of rotatable bonds is 2. The molecule has 0 heterocycles. The highest BCUT2D eigenvalue weighted by Gasteiger charge is 2.06. The number of aliphatic hydroxyl groups excluding tert-OH is 1. The highest BCUT2D eigenvalue weighted by Crippen LogP contribution is 2.09. The van der Waals surface area contributed by atoms with Crippen molar-refractivity contribution in [2.45, 2.75) is 6.92 Å². The summed E-state index contributed by atoms with van der Waals surface area (Å²) >= 11 is 0. The zero-order valence-corrected chi connectivity index (χ0v) is 7.28. The van der Waals surface area contributed by atoms with Gasteiger partial charge < -0.3 is 9.84 Å². The van der Waals surface area contributed by atoms with Crippen molar-refractivity contribution in [2.24, 2.45) is 0 Å². The lowest BCUT2D eigenvalue weighted by Gasteiger charge is -2.04. The Morgan fingerprint density at radius 3 is 2.69 bits per heavy atom. The van der Waals surface area contributed by atoms with Gasteiger partial charge in [0.25, 0.3) is 0 Å². The van der Waals surface area contributed by atoms with Gasteiger partial charge in [0.15, 0.2) is 0 Å². The monoisotopic (exact) mass is 181 g/mol. The van der Waals surface area contributed by atoms with Crippen LogP contribution in [0, 0.1) is 0 Å². The summed E-state index contributed by atoms with van der Waals surface area (Å²) < 4.78 is 4.58. The summed E-state index contributed by atoms with van der Waals surface area (Å²) in [6, 6.07) is 0. The summed E-state index contributed by atoms with van der Waals surface area (Å²) in [6.45, 7) is 1.97. The van der Waals surface area contributed by atoms with Crippen LogP contribution < -0.4 is 5.32 Å². The first-order chi connectivity index (χ1) is 6.24. The lowest BCUT2D eigenvalue weighted by Crippen LogP contribution is -2.24. The predicted molar refractivity (Wildman–Crippen MR) is 48.1 cm³/mol. The van der Waals surface area contributed by atoms with Gasteiger partial charge in [0.2, 0.25) is 5.88 Å². The molecule has 1 aliphatic rings. The van der Waals surface area contributed by atoms with Crippen LogP contribution in [0.4, 0.5) is 4.79 Å². The van der Waals surface area contributed by atoms with Gasteiger partial charge in [0.05, 0.1) is 6.61 Å². The third-order valence-electron chi connectivity index (χ3n) is 1.43. The summed E-state index contributed by atoms with van der Waals surface area (Å²) in [5.41, 5.74) is 0.563. The van der Waals surface area contributed by atoms with Gasteiger partial charge in [0, 0.05) is 5.57 Å². The minimum Gasteiger partial charge on any atom is -0.494 e. The maximum absolute atomic E-state index is 10.8. The number of carbonyl (C=O) groups excluding carboxylic acids is 1. The van der Waals surface area contributed by atoms with Crippen LogP contribution in [0.3, 0.4) is 0 Å². The molecule has 0 spiro atoms. The first-order valence-electron chi connectivity index (χ1n) is 3.95. The van der Waals surface area contributed by atoms with Crippen molar-refractivity contribution in [3.63, 3.8) is 0 Å². The summed E-state index contributed by atoms with van der Waals surface area (Å²) in [7, 11) is 0. The van der Waals surface area contributed by atoms with Crippen molar-refractivity contribution in [1.82, 2.24) is 5.32 Å². The lowest BCUT2D eigenvalue weighted by molar-refractivity contribution is 0.149. The van der Waals surface area contributed by atoms with Crippen LogP contribution in [0.2, 0.25) is 0 Å². The number of allylic oxidation sites excluding steroid dienone is 5. The number of aliphatic hydroxyl groups is 1. The number of alkyl carbamates (subject to hydrolysis) is 1.